The quantitative estimate of drug-likeness (QED) is 0.358. The molecular formula is C31H43FN2O. The largest absolute Gasteiger partial charge is 0.457 e. The van der Waals surface area contributed by atoms with Crippen LogP contribution in [0, 0.1) is 12.7 Å². The average Bonchev–Trinajstić information content (AvgIpc) is 2.90. The van der Waals surface area contributed by atoms with Crippen molar-refractivity contribution in [3.05, 3.63) is 95.3 Å². The highest BCUT2D eigenvalue weighted by atomic mass is 19.1. The SMILES string of the molecule is CC.CCC(C)c1ccc(Oc2ccc(F)cc2)cc1.Cc1ccc(CN2CCN(C)CC2)cc1. The van der Waals surface area contributed by atoms with E-state index in [-0.39, 0.29) is 5.82 Å². The molecule has 1 saturated heterocycles. The van der Waals surface area contributed by atoms with Crippen molar-refractivity contribution in [2.24, 2.45) is 0 Å². The van der Waals surface area contributed by atoms with Crippen LogP contribution in [0.25, 0.3) is 0 Å². The van der Waals surface area contributed by atoms with Gasteiger partial charge in [-0.3, -0.25) is 4.90 Å². The number of aryl methyl sites for hydroxylation is 1. The number of piperazine rings is 1. The van der Waals surface area contributed by atoms with E-state index in [2.05, 4.69) is 74.0 Å². The lowest BCUT2D eigenvalue weighted by Gasteiger charge is -2.32. The molecule has 1 heterocycles. The summed E-state index contributed by atoms with van der Waals surface area (Å²) in [5.41, 5.74) is 4.09. The van der Waals surface area contributed by atoms with Crippen molar-refractivity contribution >= 4 is 0 Å². The van der Waals surface area contributed by atoms with Gasteiger partial charge < -0.3 is 9.64 Å². The van der Waals surface area contributed by atoms with Gasteiger partial charge in [-0.2, -0.15) is 0 Å². The van der Waals surface area contributed by atoms with Crippen LogP contribution in [0.2, 0.25) is 0 Å². The van der Waals surface area contributed by atoms with Gasteiger partial charge in [0.1, 0.15) is 17.3 Å². The number of rotatable bonds is 6. The first-order chi connectivity index (χ1) is 16.9. The van der Waals surface area contributed by atoms with Crippen LogP contribution in [0.1, 0.15) is 56.7 Å². The van der Waals surface area contributed by atoms with Gasteiger partial charge >= 0.3 is 0 Å². The highest BCUT2D eigenvalue weighted by Gasteiger charge is 2.13. The minimum atomic E-state index is -0.255. The Balaban J connectivity index is 0.000000234. The van der Waals surface area contributed by atoms with Crippen molar-refractivity contribution in [2.45, 2.75) is 53.5 Å². The molecule has 190 valence electrons. The topological polar surface area (TPSA) is 15.7 Å². The molecule has 0 saturated carbocycles. The number of hydrogen-bond acceptors (Lipinski definition) is 3. The molecule has 0 bridgehead atoms. The van der Waals surface area contributed by atoms with Gasteiger partial charge in [-0.1, -0.05) is 69.7 Å². The fourth-order valence-electron chi connectivity index (χ4n) is 3.70. The molecule has 3 nitrogen and oxygen atoms in total. The van der Waals surface area contributed by atoms with E-state index in [4.69, 9.17) is 4.74 Å². The van der Waals surface area contributed by atoms with Gasteiger partial charge in [0.2, 0.25) is 0 Å². The standard InChI is InChI=1S/C16H17FO.C13H20N2.C2H6/c1-3-12(2)13-4-8-15(9-5-13)18-16-10-6-14(17)7-11-16;1-12-3-5-13(6-4-12)11-15-9-7-14(2)8-10-15;1-2/h4-12H,3H2,1-2H3;3-6H,7-11H2,1-2H3;1-2H3. The zero-order chi connectivity index (χ0) is 25.6. The van der Waals surface area contributed by atoms with Crippen LogP contribution in [0.5, 0.6) is 11.5 Å². The third-order valence-electron chi connectivity index (χ3n) is 6.23. The number of halogens is 1. The summed E-state index contributed by atoms with van der Waals surface area (Å²) in [7, 11) is 2.20. The van der Waals surface area contributed by atoms with Crippen LogP contribution < -0.4 is 4.74 Å². The second kappa shape index (κ2) is 15.3. The Hall–Kier alpha value is -2.69. The van der Waals surface area contributed by atoms with Gasteiger partial charge in [0.05, 0.1) is 0 Å². The van der Waals surface area contributed by atoms with Crippen molar-refractivity contribution in [3.8, 4) is 11.5 Å². The first kappa shape index (κ1) is 28.5. The van der Waals surface area contributed by atoms with Gasteiger partial charge in [-0.15, -0.1) is 0 Å². The van der Waals surface area contributed by atoms with E-state index in [0.717, 1.165) is 18.7 Å². The second-order valence-corrected chi connectivity index (χ2v) is 9.00. The summed E-state index contributed by atoms with van der Waals surface area (Å²) >= 11 is 0. The van der Waals surface area contributed by atoms with E-state index in [9.17, 15) is 4.39 Å². The van der Waals surface area contributed by atoms with Gasteiger partial charge in [-0.05, 0) is 73.8 Å². The zero-order valence-electron chi connectivity index (χ0n) is 22.4. The van der Waals surface area contributed by atoms with Gasteiger partial charge in [-0.25, -0.2) is 4.39 Å². The lowest BCUT2D eigenvalue weighted by molar-refractivity contribution is 0.148. The Morgan fingerprint density at radius 3 is 1.83 bits per heavy atom. The lowest BCUT2D eigenvalue weighted by atomic mass is 9.99. The van der Waals surface area contributed by atoms with Crippen molar-refractivity contribution < 1.29 is 9.13 Å². The summed E-state index contributed by atoms with van der Waals surface area (Å²) in [6.07, 6.45) is 1.12. The summed E-state index contributed by atoms with van der Waals surface area (Å²) in [4.78, 5) is 4.93. The number of nitrogens with zero attached hydrogens (tertiary/aromatic N) is 2. The molecule has 0 aromatic heterocycles. The third-order valence-corrected chi connectivity index (χ3v) is 6.23. The fraction of sp³-hybridized carbons (Fsp3) is 0.419. The minimum absolute atomic E-state index is 0.255. The van der Waals surface area contributed by atoms with Gasteiger partial charge in [0.25, 0.3) is 0 Å². The molecule has 4 rings (SSSR count). The fourth-order valence-corrected chi connectivity index (χ4v) is 3.70. The normalized spacial score (nSPS) is 14.7. The molecule has 0 aliphatic carbocycles. The summed E-state index contributed by atoms with van der Waals surface area (Å²) in [6.45, 7) is 16.4. The van der Waals surface area contributed by atoms with Crippen LogP contribution in [-0.4, -0.2) is 43.0 Å². The summed E-state index contributed by atoms with van der Waals surface area (Å²) in [5.74, 6) is 1.72. The Bertz CT molecular complexity index is 947. The van der Waals surface area contributed by atoms with E-state index in [1.807, 2.05) is 26.0 Å². The van der Waals surface area contributed by atoms with E-state index < -0.39 is 0 Å². The molecule has 1 aliphatic heterocycles. The van der Waals surface area contributed by atoms with Crippen molar-refractivity contribution in [3.63, 3.8) is 0 Å². The Labute approximate surface area is 212 Å². The number of likely N-dealkylation sites (N-methyl/N-ethyl adjacent to an activating group) is 1. The monoisotopic (exact) mass is 478 g/mol. The third kappa shape index (κ3) is 10.2. The maximum absolute atomic E-state index is 12.8. The van der Waals surface area contributed by atoms with Crippen LogP contribution >= 0.6 is 0 Å². The predicted octanol–water partition coefficient (Wildman–Crippen LogP) is 7.90. The highest BCUT2D eigenvalue weighted by molar-refractivity contribution is 5.34. The lowest BCUT2D eigenvalue weighted by Crippen LogP contribution is -2.43. The molecule has 3 aromatic carbocycles. The molecule has 0 radical (unpaired) electrons. The van der Waals surface area contributed by atoms with Crippen LogP contribution in [-0.2, 0) is 6.54 Å². The molecule has 35 heavy (non-hydrogen) atoms. The van der Waals surface area contributed by atoms with Crippen LogP contribution in [0.4, 0.5) is 4.39 Å². The molecule has 1 atom stereocenters. The molecule has 0 N–H and O–H groups in total. The minimum Gasteiger partial charge on any atom is -0.457 e. The van der Waals surface area contributed by atoms with Crippen molar-refractivity contribution in [1.29, 1.82) is 0 Å². The van der Waals surface area contributed by atoms with Gasteiger partial charge in [0.15, 0.2) is 0 Å². The highest BCUT2D eigenvalue weighted by Crippen LogP contribution is 2.25. The van der Waals surface area contributed by atoms with Crippen LogP contribution in [0.15, 0.2) is 72.8 Å². The molecule has 1 unspecified atom stereocenters. The maximum Gasteiger partial charge on any atom is 0.127 e. The van der Waals surface area contributed by atoms with Crippen molar-refractivity contribution in [2.75, 3.05) is 33.2 Å². The van der Waals surface area contributed by atoms with E-state index >= 15 is 0 Å². The Morgan fingerprint density at radius 1 is 0.800 bits per heavy atom. The number of benzene rings is 3. The number of hydrogen-bond donors (Lipinski definition) is 0. The molecule has 0 spiro atoms. The first-order valence-electron chi connectivity index (χ1n) is 12.9. The van der Waals surface area contributed by atoms with E-state index in [0.29, 0.717) is 11.7 Å². The predicted molar refractivity (Wildman–Crippen MR) is 147 cm³/mol. The summed E-state index contributed by atoms with van der Waals surface area (Å²) < 4.78 is 18.4. The van der Waals surface area contributed by atoms with Crippen molar-refractivity contribution in [1.82, 2.24) is 9.80 Å². The summed E-state index contributed by atoms with van der Waals surface area (Å²) in [5, 5.41) is 0. The first-order valence-corrected chi connectivity index (χ1v) is 12.9. The molecule has 1 aliphatic rings. The van der Waals surface area contributed by atoms with E-state index in [1.54, 1.807) is 12.1 Å². The maximum atomic E-state index is 12.8. The second-order valence-electron chi connectivity index (χ2n) is 9.00. The summed E-state index contributed by atoms with van der Waals surface area (Å²) in [6, 6.07) is 23.0. The molecule has 1 fully saturated rings. The molecule has 0 amide bonds. The zero-order valence-corrected chi connectivity index (χ0v) is 22.4. The Morgan fingerprint density at radius 2 is 1.31 bits per heavy atom. The molecule has 4 heteroatoms. The molecular weight excluding hydrogens is 435 g/mol. The smallest absolute Gasteiger partial charge is 0.127 e. The Kier molecular flexibility index (Phi) is 12.5. The average molecular weight is 479 g/mol. The van der Waals surface area contributed by atoms with Crippen LogP contribution in [0.3, 0.4) is 0 Å². The van der Waals surface area contributed by atoms with Gasteiger partial charge in [0, 0.05) is 32.7 Å². The number of ether oxygens (including phenoxy) is 1. The van der Waals surface area contributed by atoms with E-state index in [1.165, 1.54) is 55.0 Å². The molecule has 3 aromatic rings.